The maximum Gasteiger partial charge on any atom is 0.251 e. The number of piperidine rings is 2. The van der Waals surface area contributed by atoms with Crippen LogP contribution in [-0.4, -0.2) is 59.7 Å². The van der Waals surface area contributed by atoms with Gasteiger partial charge in [-0.2, -0.15) is 0 Å². The topological polar surface area (TPSA) is 69.7 Å². The van der Waals surface area contributed by atoms with Gasteiger partial charge in [0.25, 0.3) is 5.91 Å². The molecule has 7 heteroatoms. The lowest BCUT2D eigenvalue weighted by atomic mass is 9.86. The van der Waals surface area contributed by atoms with Crippen molar-refractivity contribution in [2.24, 2.45) is 11.3 Å². The van der Waals surface area contributed by atoms with E-state index < -0.39 is 11.9 Å². The average Bonchev–Trinajstić information content (AvgIpc) is 2.77. The Bertz CT molecular complexity index is 805. The Morgan fingerprint density at radius 2 is 1.56 bits per heavy atom. The summed E-state index contributed by atoms with van der Waals surface area (Å²) < 4.78 is 13.3. The summed E-state index contributed by atoms with van der Waals surface area (Å²) in [7, 11) is 0. The highest BCUT2D eigenvalue weighted by Crippen LogP contribution is 2.26. The molecule has 2 saturated heterocycles. The third-order valence-electron chi connectivity index (χ3n) is 6.37. The van der Waals surface area contributed by atoms with Gasteiger partial charge in [-0.3, -0.25) is 14.4 Å². The summed E-state index contributed by atoms with van der Waals surface area (Å²) >= 11 is 0. The Morgan fingerprint density at radius 3 is 2.12 bits per heavy atom. The van der Waals surface area contributed by atoms with Crippen LogP contribution in [0.2, 0.25) is 0 Å². The van der Waals surface area contributed by atoms with Crippen molar-refractivity contribution in [3.63, 3.8) is 0 Å². The maximum atomic E-state index is 13.4. The summed E-state index contributed by atoms with van der Waals surface area (Å²) in [5.74, 6) is -0.710. The molecule has 0 bridgehead atoms. The number of hydrogen-bond acceptors (Lipinski definition) is 3. The summed E-state index contributed by atoms with van der Waals surface area (Å²) in [5, 5.41) is 2.95. The van der Waals surface area contributed by atoms with E-state index in [9.17, 15) is 18.8 Å². The summed E-state index contributed by atoms with van der Waals surface area (Å²) in [6.07, 6.45) is 4.90. The first-order valence-electron chi connectivity index (χ1n) is 11.8. The molecule has 6 nitrogen and oxygen atoms in total. The molecular formula is C25H36FN3O3. The molecule has 0 saturated carbocycles. The lowest BCUT2D eigenvalue weighted by Gasteiger charge is -2.39. The molecule has 2 aliphatic heterocycles. The molecule has 1 N–H and O–H groups in total. The third-order valence-corrected chi connectivity index (χ3v) is 6.37. The molecule has 2 aliphatic rings. The van der Waals surface area contributed by atoms with E-state index >= 15 is 0 Å². The second-order valence-corrected chi connectivity index (χ2v) is 10.3. The number of amides is 3. The van der Waals surface area contributed by atoms with Gasteiger partial charge in [-0.15, -0.1) is 0 Å². The van der Waals surface area contributed by atoms with Gasteiger partial charge in [0.05, 0.1) is 0 Å². The lowest BCUT2D eigenvalue weighted by molar-refractivity contribution is -0.137. The molecule has 2 fully saturated rings. The molecule has 0 radical (unpaired) electrons. The zero-order chi connectivity index (χ0) is 23.3. The van der Waals surface area contributed by atoms with E-state index in [1.807, 2.05) is 9.80 Å². The zero-order valence-electron chi connectivity index (χ0n) is 19.5. The molecule has 1 unspecified atom stereocenters. The van der Waals surface area contributed by atoms with E-state index in [-0.39, 0.29) is 29.1 Å². The van der Waals surface area contributed by atoms with Crippen LogP contribution in [0.3, 0.4) is 0 Å². The summed E-state index contributed by atoms with van der Waals surface area (Å²) in [6, 6.07) is 4.72. The van der Waals surface area contributed by atoms with Gasteiger partial charge >= 0.3 is 0 Å². The van der Waals surface area contributed by atoms with Gasteiger partial charge in [0.2, 0.25) is 11.8 Å². The number of hydrogen-bond donors (Lipinski definition) is 1. The van der Waals surface area contributed by atoms with Gasteiger partial charge in [-0.1, -0.05) is 20.8 Å². The molecule has 3 rings (SSSR count). The molecule has 3 amide bonds. The maximum absolute atomic E-state index is 13.4. The first-order valence-corrected chi connectivity index (χ1v) is 11.8. The number of nitrogens with zero attached hydrogens (tertiary/aromatic N) is 2. The van der Waals surface area contributed by atoms with Crippen molar-refractivity contribution in [3.05, 3.63) is 35.6 Å². The molecule has 0 aromatic heterocycles. The Balaban J connectivity index is 1.69. The third kappa shape index (κ3) is 6.53. The fourth-order valence-electron chi connectivity index (χ4n) is 4.57. The molecule has 32 heavy (non-hydrogen) atoms. The summed E-state index contributed by atoms with van der Waals surface area (Å²) in [5.41, 5.74) is 0.268. The van der Waals surface area contributed by atoms with Crippen molar-refractivity contribution >= 4 is 17.7 Å². The number of benzene rings is 1. The SMILES string of the molecule is CC(C)(C)CC(=O)N1CCC(C(NC(=O)c2ccc(F)cc2)C(=O)N2CCCCC2)CC1. The number of likely N-dealkylation sites (tertiary alicyclic amines) is 2. The second kappa shape index (κ2) is 10.5. The number of rotatable bonds is 5. The van der Waals surface area contributed by atoms with E-state index in [2.05, 4.69) is 26.1 Å². The largest absolute Gasteiger partial charge is 0.343 e. The average molecular weight is 446 g/mol. The van der Waals surface area contributed by atoms with Gasteiger partial charge in [0, 0.05) is 38.2 Å². The predicted molar refractivity (Wildman–Crippen MR) is 121 cm³/mol. The van der Waals surface area contributed by atoms with Crippen LogP contribution in [-0.2, 0) is 9.59 Å². The van der Waals surface area contributed by atoms with Gasteiger partial charge in [0.15, 0.2) is 0 Å². The van der Waals surface area contributed by atoms with Crippen molar-refractivity contribution in [2.45, 2.75) is 65.3 Å². The Kier molecular flexibility index (Phi) is 7.91. The zero-order valence-corrected chi connectivity index (χ0v) is 19.5. The fourth-order valence-corrected chi connectivity index (χ4v) is 4.57. The first kappa shape index (κ1) is 24.2. The molecule has 1 aromatic rings. The predicted octanol–water partition coefficient (Wildman–Crippen LogP) is 3.61. The van der Waals surface area contributed by atoms with E-state index in [1.165, 1.54) is 24.3 Å². The highest BCUT2D eigenvalue weighted by Gasteiger charge is 2.36. The first-order chi connectivity index (χ1) is 15.1. The molecule has 176 valence electrons. The molecule has 2 heterocycles. The van der Waals surface area contributed by atoms with Crippen LogP contribution in [0, 0.1) is 17.2 Å². The molecular weight excluding hydrogens is 409 g/mol. The quantitative estimate of drug-likeness (QED) is 0.753. The highest BCUT2D eigenvalue weighted by molar-refractivity contribution is 5.97. The Hall–Kier alpha value is -2.44. The van der Waals surface area contributed by atoms with Crippen LogP contribution in [0.25, 0.3) is 0 Å². The fraction of sp³-hybridized carbons (Fsp3) is 0.640. The van der Waals surface area contributed by atoms with Crippen LogP contribution < -0.4 is 5.32 Å². The normalized spacial score (nSPS) is 18.9. The van der Waals surface area contributed by atoms with Crippen molar-refractivity contribution in [1.82, 2.24) is 15.1 Å². The number of nitrogens with one attached hydrogen (secondary N) is 1. The molecule has 1 aromatic carbocycles. The van der Waals surface area contributed by atoms with E-state index in [1.54, 1.807) is 0 Å². The van der Waals surface area contributed by atoms with Gasteiger partial charge in [-0.05, 0) is 67.7 Å². The van der Waals surface area contributed by atoms with Crippen LogP contribution in [0.5, 0.6) is 0 Å². The van der Waals surface area contributed by atoms with E-state index in [4.69, 9.17) is 0 Å². The minimum Gasteiger partial charge on any atom is -0.343 e. The number of carbonyl (C=O) groups is 3. The lowest BCUT2D eigenvalue weighted by Crippen LogP contribution is -2.55. The van der Waals surface area contributed by atoms with Crippen molar-refractivity contribution < 1.29 is 18.8 Å². The minimum absolute atomic E-state index is 0.0347. The standard InChI is InChI=1S/C25H36FN3O3/c1-25(2,3)17-21(30)28-15-11-18(12-16-28)22(24(32)29-13-5-4-6-14-29)27-23(31)19-7-9-20(26)10-8-19/h7-10,18,22H,4-6,11-17H2,1-3H3,(H,27,31). The number of carbonyl (C=O) groups excluding carboxylic acids is 3. The van der Waals surface area contributed by atoms with Gasteiger partial charge < -0.3 is 15.1 Å². The van der Waals surface area contributed by atoms with Crippen molar-refractivity contribution in [1.29, 1.82) is 0 Å². The molecule has 0 spiro atoms. The Labute approximate surface area is 190 Å². The van der Waals surface area contributed by atoms with Gasteiger partial charge in [0.1, 0.15) is 11.9 Å². The summed E-state index contributed by atoms with van der Waals surface area (Å²) in [6.45, 7) is 8.77. The van der Waals surface area contributed by atoms with Gasteiger partial charge in [-0.25, -0.2) is 4.39 Å². The second-order valence-electron chi connectivity index (χ2n) is 10.3. The molecule has 0 aliphatic carbocycles. The van der Waals surface area contributed by atoms with Crippen molar-refractivity contribution in [3.8, 4) is 0 Å². The molecule has 1 atom stereocenters. The van der Waals surface area contributed by atoms with E-state index in [0.717, 1.165) is 19.3 Å². The summed E-state index contributed by atoms with van der Waals surface area (Å²) in [4.78, 5) is 42.6. The highest BCUT2D eigenvalue weighted by atomic mass is 19.1. The number of halogens is 1. The van der Waals surface area contributed by atoms with E-state index in [0.29, 0.717) is 51.0 Å². The minimum atomic E-state index is -0.634. The van der Waals surface area contributed by atoms with Crippen LogP contribution in [0.15, 0.2) is 24.3 Å². The van der Waals surface area contributed by atoms with Crippen molar-refractivity contribution in [2.75, 3.05) is 26.2 Å². The van der Waals surface area contributed by atoms with Crippen LogP contribution >= 0.6 is 0 Å². The smallest absolute Gasteiger partial charge is 0.251 e. The van der Waals surface area contributed by atoms with Crippen LogP contribution in [0.4, 0.5) is 4.39 Å². The Morgan fingerprint density at radius 1 is 0.969 bits per heavy atom. The van der Waals surface area contributed by atoms with Crippen LogP contribution in [0.1, 0.15) is 69.7 Å². The monoisotopic (exact) mass is 445 g/mol.